The van der Waals surface area contributed by atoms with Crippen molar-refractivity contribution in [1.29, 1.82) is 0 Å². The van der Waals surface area contributed by atoms with Gasteiger partial charge in [0.05, 0.1) is 17.4 Å². The third-order valence-corrected chi connectivity index (χ3v) is 4.36. The first-order valence-electron chi connectivity index (χ1n) is 7.51. The Bertz CT molecular complexity index is 580. The van der Waals surface area contributed by atoms with Crippen LogP contribution in [0.1, 0.15) is 20.3 Å². The zero-order valence-electron chi connectivity index (χ0n) is 13.6. The van der Waals surface area contributed by atoms with Crippen molar-refractivity contribution in [2.24, 2.45) is 0 Å². The topological polar surface area (TPSA) is 86.7 Å². The Kier molecular flexibility index (Phi) is 8.25. The highest BCUT2D eigenvalue weighted by Crippen LogP contribution is 2.15. The van der Waals surface area contributed by atoms with Crippen molar-refractivity contribution in [3.8, 4) is 0 Å². The lowest BCUT2D eigenvalue weighted by atomic mass is 10.3. The molecule has 1 atom stereocenters. The zero-order chi connectivity index (χ0) is 18.1. The molecule has 0 aliphatic heterocycles. The molecule has 6 nitrogen and oxygen atoms in total. The molecule has 24 heavy (non-hydrogen) atoms. The minimum Gasteiger partial charge on any atom is -0.481 e. The second kappa shape index (κ2) is 9.92. The van der Waals surface area contributed by atoms with Crippen LogP contribution in [0, 0.1) is 5.82 Å². The summed E-state index contributed by atoms with van der Waals surface area (Å²) in [6, 6.07) is 5.40. The van der Waals surface area contributed by atoms with E-state index in [-0.39, 0.29) is 36.4 Å². The van der Waals surface area contributed by atoms with E-state index in [0.29, 0.717) is 12.2 Å². The molecule has 132 valence electrons. The third kappa shape index (κ3) is 6.99. The molecule has 0 spiro atoms. The minimum atomic E-state index is -0.958. The number of benzene rings is 1. The van der Waals surface area contributed by atoms with Crippen molar-refractivity contribution in [2.45, 2.75) is 25.5 Å². The molecule has 1 rings (SSSR count). The molecular weight excluding hydrogens is 335 g/mol. The summed E-state index contributed by atoms with van der Waals surface area (Å²) in [6.45, 7) is 4.02. The SMILES string of the molecule is CCN(CCC(=O)O)C(=O)C(C)SCC(=O)Nc1ccc(F)cc1. The molecule has 0 heterocycles. The maximum atomic E-state index is 12.8. The lowest BCUT2D eigenvalue weighted by Gasteiger charge is -2.23. The van der Waals surface area contributed by atoms with E-state index < -0.39 is 11.2 Å². The standard InChI is InChI=1S/C16H21FN2O4S/c1-3-19(9-8-15(21)22)16(23)11(2)24-10-14(20)18-13-6-4-12(17)5-7-13/h4-7,11H,3,8-10H2,1-2H3,(H,18,20)(H,21,22). The Morgan fingerprint density at radius 2 is 1.92 bits per heavy atom. The number of thioether (sulfide) groups is 1. The monoisotopic (exact) mass is 356 g/mol. The fourth-order valence-corrected chi connectivity index (χ4v) is 2.68. The van der Waals surface area contributed by atoms with Gasteiger partial charge in [0.15, 0.2) is 0 Å². The van der Waals surface area contributed by atoms with Crippen LogP contribution in [0.25, 0.3) is 0 Å². The molecule has 0 aliphatic rings. The van der Waals surface area contributed by atoms with Gasteiger partial charge in [-0.15, -0.1) is 11.8 Å². The van der Waals surface area contributed by atoms with Crippen molar-refractivity contribution in [2.75, 3.05) is 24.2 Å². The number of carboxylic acid groups (broad SMARTS) is 1. The average molecular weight is 356 g/mol. The van der Waals surface area contributed by atoms with Gasteiger partial charge in [-0.25, -0.2) is 4.39 Å². The molecule has 1 aromatic rings. The Balaban J connectivity index is 2.43. The van der Waals surface area contributed by atoms with Crippen LogP contribution in [0.15, 0.2) is 24.3 Å². The van der Waals surface area contributed by atoms with Gasteiger partial charge in [-0.05, 0) is 38.1 Å². The van der Waals surface area contributed by atoms with Crippen LogP contribution in [-0.2, 0) is 14.4 Å². The number of rotatable bonds is 9. The maximum absolute atomic E-state index is 12.8. The van der Waals surface area contributed by atoms with E-state index in [0.717, 1.165) is 0 Å². The first kappa shape index (κ1) is 20.0. The maximum Gasteiger partial charge on any atom is 0.305 e. The highest BCUT2D eigenvalue weighted by molar-refractivity contribution is 8.01. The van der Waals surface area contributed by atoms with Gasteiger partial charge < -0.3 is 15.3 Å². The molecule has 0 saturated carbocycles. The van der Waals surface area contributed by atoms with Crippen LogP contribution in [0.5, 0.6) is 0 Å². The summed E-state index contributed by atoms with van der Waals surface area (Å²) in [7, 11) is 0. The Labute approximate surface area is 144 Å². The largest absolute Gasteiger partial charge is 0.481 e. The molecule has 0 saturated heterocycles. The number of carbonyl (C=O) groups excluding carboxylic acids is 2. The first-order valence-corrected chi connectivity index (χ1v) is 8.56. The van der Waals surface area contributed by atoms with Gasteiger partial charge >= 0.3 is 5.97 Å². The summed E-state index contributed by atoms with van der Waals surface area (Å²) in [6.07, 6.45) is -0.109. The van der Waals surface area contributed by atoms with Crippen molar-refractivity contribution >= 4 is 35.2 Å². The van der Waals surface area contributed by atoms with Gasteiger partial charge in [-0.1, -0.05) is 0 Å². The lowest BCUT2D eigenvalue weighted by molar-refractivity contribution is -0.138. The molecule has 0 fully saturated rings. The van der Waals surface area contributed by atoms with E-state index in [1.54, 1.807) is 13.8 Å². The quantitative estimate of drug-likeness (QED) is 0.708. The van der Waals surface area contributed by atoms with E-state index in [9.17, 15) is 18.8 Å². The molecule has 1 aromatic carbocycles. The fraction of sp³-hybridized carbons (Fsp3) is 0.438. The number of carboxylic acids is 1. The van der Waals surface area contributed by atoms with Crippen LogP contribution >= 0.6 is 11.8 Å². The van der Waals surface area contributed by atoms with E-state index in [1.807, 2.05) is 0 Å². The molecule has 0 aliphatic carbocycles. The van der Waals surface area contributed by atoms with Crippen molar-refractivity contribution in [1.82, 2.24) is 4.90 Å². The zero-order valence-corrected chi connectivity index (χ0v) is 14.4. The number of anilines is 1. The average Bonchev–Trinajstić information content (AvgIpc) is 2.54. The van der Waals surface area contributed by atoms with Gasteiger partial charge in [-0.3, -0.25) is 14.4 Å². The molecule has 0 radical (unpaired) electrons. The number of hydrogen-bond donors (Lipinski definition) is 2. The summed E-state index contributed by atoms with van der Waals surface area (Å²) in [5.41, 5.74) is 0.484. The van der Waals surface area contributed by atoms with E-state index in [4.69, 9.17) is 5.11 Å². The Morgan fingerprint density at radius 3 is 2.46 bits per heavy atom. The normalized spacial score (nSPS) is 11.6. The number of nitrogens with one attached hydrogen (secondary N) is 1. The third-order valence-electron chi connectivity index (χ3n) is 3.23. The summed E-state index contributed by atoms with van der Waals surface area (Å²) in [4.78, 5) is 36.1. The summed E-state index contributed by atoms with van der Waals surface area (Å²) in [5.74, 6) is -1.76. The molecule has 2 N–H and O–H groups in total. The predicted molar refractivity (Wildman–Crippen MR) is 91.5 cm³/mol. The van der Waals surface area contributed by atoms with Gasteiger partial charge in [0.2, 0.25) is 11.8 Å². The van der Waals surface area contributed by atoms with Crippen molar-refractivity contribution in [3.05, 3.63) is 30.1 Å². The van der Waals surface area contributed by atoms with Crippen LogP contribution in [0.2, 0.25) is 0 Å². The highest BCUT2D eigenvalue weighted by atomic mass is 32.2. The summed E-state index contributed by atoms with van der Waals surface area (Å²) < 4.78 is 12.8. The number of amides is 2. The number of halogens is 1. The fourth-order valence-electron chi connectivity index (χ4n) is 1.91. The highest BCUT2D eigenvalue weighted by Gasteiger charge is 2.21. The van der Waals surface area contributed by atoms with Gasteiger partial charge in [0.25, 0.3) is 0 Å². The molecule has 0 bridgehead atoms. The first-order chi connectivity index (χ1) is 11.3. The van der Waals surface area contributed by atoms with Crippen molar-refractivity contribution < 1.29 is 23.9 Å². The molecule has 1 unspecified atom stereocenters. The summed E-state index contributed by atoms with van der Waals surface area (Å²) in [5, 5.41) is 10.8. The van der Waals surface area contributed by atoms with Crippen LogP contribution in [0.3, 0.4) is 0 Å². The van der Waals surface area contributed by atoms with Gasteiger partial charge in [-0.2, -0.15) is 0 Å². The van der Waals surface area contributed by atoms with Gasteiger partial charge in [0.1, 0.15) is 5.82 Å². The Morgan fingerprint density at radius 1 is 1.29 bits per heavy atom. The smallest absolute Gasteiger partial charge is 0.305 e. The van der Waals surface area contributed by atoms with E-state index in [1.165, 1.54) is 40.9 Å². The molecule has 2 amide bonds. The number of hydrogen-bond acceptors (Lipinski definition) is 4. The van der Waals surface area contributed by atoms with Crippen molar-refractivity contribution in [3.63, 3.8) is 0 Å². The van der Waals surface area contributed by atoms with Crippen LogP contribution in [-0.4, -0.2) is 51.9 Å². The second-order valence-electron chi connectivity index (χ2n) is 5.07. The van der Waals surface area contributed by atoms with E-state index >= 15 is 0 Å². The number of carbonyl (C=O) groups is 3. The number of aliphatic carboxylic acids is 1. The van der Waals surface area contributed by atoms with Gasteiger partial charge in [0, 0.05) is 18.8 Å². The predicted octanol–water partition coefficient (Wildman–Crippen LogP) is 2.21. The second-order valence-corrected chi connectivity index (χ2v) is 6.40. The lowest BCUT2D eigenvalue weighted by Crippen LogP contribution is -2.38. The van der Waals surface area contributed by atoms with Crippen LogP contribution in [0.4, 0.5) is 10.1 Å². The molecular formula is C16H21FN2O4S. The number of nitrogens with zero attached hydrogens (tertiary/aromatic N) is 1. The molecule has 8 heteroatoms. The minimum absolute atomic E-state index is 0.0702. The Hall–Kier alpha value is -2.09. The van der Waals surface area contributed by atoms with Crippen LogP contribution < -0.4 is 5.32 Å². The van der Waals surface area contributed by atoms with E-state index in [2.05, 4.69) is 5.32 Å². The molecule has 0 aromatic heterocycles. The summed E-state index contributed by atoms with van der Waals surface area (Å²) >= 11 is 1.17.